The topological polar surface area (TPSA) is 51.1 Å². The van der Waals surface area contributed by atoms with Gasteiger partial charge in [-0.15, -0.1) is 0 Å². The Morgan fingerprint density at radius 3 is 2.86 bits per heavy atom. The molecule has 1 atom stereocenters. The van der Waals surface area contributed by atoms with E-state index in [2.05, 4.69) is 4.99 Å². The zero-order chi connectivity index (χ0) is 21.2. The first-order valence-corrected chi connectivity index (χ1v) is 10.4. The fourth-order valence-electron chi connectivity index (χ4n) is 3.24. The lowest BCUT2D eigenvalue weighted by Crippen LogP contribution is -2.35. The first-order chi connectivity index (χ1) is 13.5. The fourth-order valence-corrected chi connectivity index (χ4v) is 4.53. The Labute approximate surface area is 176 Å². The number of aliphatic imine (C=N–C) groups is 1. The average molecular weight is 451 g/mol. The number of thioether (sulfide) groups is 1. The van der Waals surface area contributed by atoms with Crippen LogP contribution < -0.4 is 4.74 Å². The Morgan fingerprint density at radius 1 is 1.45 bits per heavy atom. The number of carbonyl (C=O) groups is 1. The number of halogens is 4. The Bertz CT molecular complexity index is 795. The van der Waals surface area contributed by atoms with Gasteiger partial charge < -0.3 is 14.4 Å². The molecule has 1 aromatic carbocycles. The van der Waals surface area contributed by atoms with Gasteiger partial charge in [-0.1, -0.05) is 23.4 Å². The molecule has 2 aliphatic rings. The van der Waals surface area contributed by atoms with Crippen molar-refractivity contribution in [3.63, 3.8) is 0 Å². The molecule has 0 spiro atoms. The van der Waals surface area contributed by atoms with Crippen molar-refractivity contribution >= 4 is 34.4 Å². The van der Waals surface area contributed by atoms with Gasteiger partial charge in [0, 0.05) is 29.5 Å². The highest BCUT2D eigenvalue weighted by atomic mass is 35.5. The number of alkyl halides is 3. The summed E-state index contributed by atoms with van der Waals surface area (Å²) >= 11 is 7.40. The van der Waals surface area contributed by atoms with E-state index in [9.17, 15) is 18.0 Å². The quantitative estimate of drug-likeness (QED) is 0.646. The monoisotopic (exact) mass is 450 g/mol. The first kappa shape index (κ1) is 22.2. The molecule has 2 heterocycles. The third-order valence-corrected chi connectivity index (χ3v) is 5.87. The Kier molecular flexibility index (Phi) is 6.70. The standard InChI is InChI=1S/C19H22ClF3N2O3S/c1-18(2)10-25(9-13-4-3-7-27-13)17(29-18)24-16(26)14-8-12(20)5-6-15(14)28-11-19(21,22)23/h5-6,8,13H,3-4,7,9-11H2,1-2H3/b24-17-/t13-/m1/s1. The van der Waals surface area contributed by atoms with E-state index >= 15 is 0 Å². The van der Waals surface area contributed by atoms with Crippen LogP contribution in [0.5, 0.6) is 5.75 Å². The van der Waals surface area contributed by atoms with E-state index in [-0.39, 0.29) is 27.2 Å². The second kappa shape index (κ2) is 8.73. The van der Waals surface area contributed by atoms with E-state index in [0.29, 0.717) is 18.3 Å². The SMILES string of the molecule is CC1(C)CN(C[C@H]2CCCO2)/C(=N/C(=O)c2cc(Cl)ccc2OCC(F)(F)F)S1. The minimum atomic E-state index is -4.52. The minimum absolute atomic E-state index is 0.0849. The van der Waals surface area contributed by atoms with Crippen LogP contribution in [0.3, 0.4) is 0 Å². The van der Waals surface area contributed by atoms with Crippen LogP contribution in [0, 0.1) is 0 Å². The number of hydrogen-bond acceptors (Lipinski definition) is 4. The molecule has 29 heavy (non-hydrogen) atoms. The molecule has 10 heteroatoms. The van der Waals surface area contributed by atoms with Crippen LogP contribution >= 0.6 is 23.4 Å². The number of carbonyl (C=O) groups excluding carboxylic acids is 1. The maximum atomic E-state index is 12.8. The number of hydrogen-bond donors (Lipinski definition) is 0. The van der Waals surface area contributed by atoms with E-state index in [0.717, 1.165) is 19.4 Å². The van der Waals surface area contributed by atoms with E-state index < -0.39 is 18.7 Å². The molecule has 0 N–H and O–H groups in total. The number of ether oxygens (including phenoxy) is 2. The van der Waals surface area contributed by atoms with Gasteiger partial charge in [0.25, 0.3) is 5.91 Å². The van der Waals surface area contributed by atoms with E-state index in [1.165, 1.54) is 30.0 Å². The van der Waals surface area contributed by atoms with Crippen molar-refractivity contribution in [2.45, 2.75) is 43.7 Å². The molecule has 5 nitrogen and oxygen atoms in total. The summed E-state index contributed by atoms with van der Waals surface area (Å²) in [4.78, 5) is 19.0. The van der Waals surface area contributed by atoms with Gasteiger partial charge in [-0.05, 0) is 44.9 Å². The van der Waals surface area contributed by atoms with Crippen molar-refractivity contribution in [1.29, 1.82) is 0 Å². The van der Waals surface area contributed by atoms with E-state index in [1.54, 1.807) is 0 Å². The van der Waals surface area contributed by atoms with Crippen molar-refractivity contribution < 1.29 is 27.4 Å². The molecule has 160 valence electrons. The molecule has 0 unspecified atom stereocenters. The molecule has 3 rings (SSSR count). The number of benzene rings is 1. The molecule has 0 bridgehead atoms. The number of nitrogens with zero attached hydrogens (tertiary/aromatic N) is 2. The lowest BCUT2D eigenvalue weighted by atomic mass is 10.1. The molecule has 1 amide bonds. The van der Waals surface area contributed by atoms with Crippen molar-refractivity contribution in [1.82, 2.24) is 4.90 Å². The van der Waals surface area contributed by atoms with Gasteiger partial charge in [-0.3, -0.25) is 4.79 Å². The summed E-state index contributed by atoms with van der Waals surface area (Å²) in [6, 6.07) is 3.89. The Hall–Kier alpha value is -1.45. The highest BCUT2D eigenvalue weighted by molar-refractivity contribution is 8.15. The van der Waals surface area contributed by atoms with Crippen LogP contribution in [0.15, 0.2) is 23.2 Å². The predicted octanol–water partition coefficient (Wildman–Crippen LogP) is 4.78. The summed E-state index contributed by atoms with van der Waals surface area (Å²) in [5, 5.41) is 0.737. The summed E-state index contributed by atoms with van der Waals surface area (Å²) in [7, 11) is 0. The summed E-state index contributed by atoms with van der Waals surface area (Å²) in [6.07, 6.45) is -2.48. The maximum Gasteiger partial charge on any atom is 0.422 e. The molecule has 2 saturated heterocycles. The largest absolute Gasteiger partial charge is 0.483 e. The summed E-state index contributed by atoms with van der Waals surface area (Å²) in [5.74, 6) is -0.892. The van der Waals surface area contributed by atoms with E-state index in [1.807, 2.05) is 18.7 Å². The van der Waals surface area contributed by atoms with Crippen LogP contribution in [0.1, 0.15) is 37.0 Å². The van der Waals surface area contributed by atoms with Gasteiger partial charge in [0.1, 0.15) is 5.75 Å². The molecule has 0 saturated carbocycles. The lowest BCUT2D eigenvalue weighted by molar-refractivity contribution is -0.153. The number of amides is 1. The summed E-state index contributed by atoms with van der Waals surface area (Å²) < 4.78 is 47.9. The zero-order valence-corrected chi connectivity index (χ0v) is 17.7. The lowest BCUT2D eigenvalue weighted by Gasteiger charge is -2.22. The van der Waals surface area contributed by atoms with Gasteiger partial charge in [-0.2, -0.15) is 18.2 Å². The summed E-state index contributed by atoms with van der Waals surface area (Å²) in [6.45, 7) is 4.63. The Balaban J connectivity index is 1.82. The smallest absolute Gasteiger partial charge is 0.422 e. The summed E-state index contributed by atoms with van der Waals surface area (Å²) in [5.41, 5.74) is -0.100. The van der Waals surface area contributed by atoms with Crippen molar-refractivity contribution in [2.24, 2.45) is 4.99 Å². The molecule has 2 fully saturated rings. The van der Waals surface area contributed by atoms with Crippen LogP contribution in [0.25, 0.3) is 0 Å². The highest BCUT2D eigenvalue weighted by Crippen LogP contribution is 2.37. The highest BCUT2D eigenvalue weighted by Gasteiger charge is 2.37. The van der Waals surface area contributed by atoms with Gasteiger partial charge in [0.2, 0.25) is 0 Å². The number of amidine groups is 1. The molecule has 2 aliphatic heterocycles. The van der Waals surface area contributed by atoms with Crippen LogP contribution in [-0.2, 0) is 4.74 Å². The minimum Gasteiger partial charge on any atom is -0.483 e. The average Bonchev–Trinajstić information content (AvgIpc) is 3.20. The third kappa shape index (κ3) is 6.26. The van der Waals surface area contributed by atoms with Gasteiger partial charge in [0.05, 0.1) is 11.7 Å². The van der Waals surface area contributed by atoms with Crippen LogP contribution in [0.2, 0.25) is 5.02 Å². The first-order valence-electron chi connectivity index (χ1n) is 9.20. The second-order valence-electron chi connectivity index (χ2n) is 7.62. The molecule has 1 aromatic rings. The molecule has 0 aliphatic carbocycles. The maximum absolute atomic E-state index is 12.8. The molecular formula is C19H22ClF3N2O3S. The fraction of sp³-hybridized carbons (Fsp3) is 0.579. The van der Waals surface area contributed by atoms with Crippen LogP contribution in [0.4, 0.5) is 13.2 Å². The van der Waals surface area contributed by atoms with Gasteiger partial charge >= 0.3 is 6.18 Å². The van der Waals surface area contributed by atoms with Gasteiger partial charge in [0.15, 0.2) is 11.8 Å². The number of rotatable bonds is 5. The van der Waals surface area contributed by atoms with Crippen LogP contribution in [-0.4, -0.2) is 59.3 Å². The molecule has 0 radical (unpaired) electrons. The van der Waals surface area contributed by atoms with Crippen molar-refractivity contribution in [3.8, 4) is 5.75 Å². The van der Waals surface area contributed by atoms with E-state index in [4.69, 9.17) is 21.1 Å². The van der Waals surface area contributed by atoms with Crippen molar-refractivity contribution in [2.75, 3.05) is 26.3 Å². The Morgan fingerprint density at radius 2 is 2.21 bits per heavy atom. The third-order valence-electron chi connectivity index (χ3n) is 4.42. The normalized spacial score (nSPS) is 23.0. The molecule has 0 aromatic heterocycles. The molecular weight excluding hydrogens is 429 g/mol. The predicted molar refractivity (Wildman–Crippen MR) is 107 cm³/mol. The van der Waals surface area contributed by atoms with Crippen molar-refractivity contribution in [3.05, 3.63) is 28.8 Å². The van der Waals surface area contributed by atoms with Gasteiger partial charge in [-0.25, -0.2) is 0 Å². The second-order valence-corrected chi connectivity index (χ2v) is 9.73. The zero-order valence-electron chi connectivity index (χ0n) is 16.1.